The van der Waals surface area contributed by atoms with Crippen LogP contribution < -0.4 is 0 Å². The first-order valence-electron chi connectivity index (χ1n) is 10.2. The summed E-state index contributed by atoms with van der Waals surface area (Å²) in [5, 5.41) is 13.2. The number of rotatable bonds is 2. The van der Waals surface area contributed by atoms with Crippen molar-refractivity contribution >= 4 is 11.7 Å². The molecule has 2 saturated carbocycles. The van der Waals surface area contributed by atoms with Gasteiger partial charge in [-0.05, 0) is 61.0 Å². The molecule has 0 aromatic carbocycles. The highest BCUT2D eigenvalue weighted by Crippen LogP contribution is 2.64. The number of oxime groups is 1. The molecular formula is C22H31NO4. The van der Waals surface area contributed by atoms with Crippen molar-refractivity contribution in [3.63, 3.8) is 0 Å². The van der Waals surface area contributed by atoms with E-state index in [4.69, 9.17) is 9.47 Å². The third-order valence-corrected chi connectivity index (χ3v) is 8.09. The molecule has 0 heterocycles. The fraction of sp³-hybridized carbons (Fsp3) is 0.727. The van der Waals surface area contributed by atoms with Crippen LogP contribution in [0, 0.1) is 28.6 Å². The monoisotopic (exact) mass is 373 g/mol. The van der Waals surface area contributed by atoms with E-state index in [0.717, 1.165) is 50.0 Å². The van der Waals surface area contributed by atoms with E-state index in [1.807, 2.05) is 0 Å². The maximum absolute atomic E-state index is 11.9. The SMILES string of the molecule is COC1=CC2=CCC3C(C(OC(C)=O)C[C@]4(C)C(=NO)CCC34)[C@@]2(C)CC1. The van der Waals surface area contributed by atoms with Crippen molar-refractivity contribution in [2.45, 2.75) is 65.4 Å². The molecule has 4 aliphatic rings. The van der Waals surface area contributed by atoms with Gasteiger partial charge in [0.25, 0.3) is 0 Å². The molecule has 0 radical (unpaired) electrons. The predicted octanol–water partition coefficient (Wildman–Crippen LogP) is 4.46. The van der Waals surface area contributed by atoms with Crippen molar-refractivity contribution in [2.24, 2.45) is 33.7 Å². The minimum atomic E-state index is -0.218. The maximum Gasteiger partial charge on any atom is 0.302 e. The number of esters is 1. The summed E-state index contributed by atoms with van der Waals surface area (Å²) in [5.41, 5.74) is 2.03. The number of hydrogen-bond acceptors (Lipinski definition) is 5. The average molecular weight is 373 g/mol. The lowest BCUT2D eigenvalue weighted by Crippen LogP contribution is -2.56. The van der Waals surface area contributed by atoms with E-state index in [9.17, 15) is 10.0 Å². The second-order valence-corrected chi connectivity index (χ2v) is 9.28. The summed E-state index contributed by atoms with van der Waals surface area (Å²) >= 11 is 0. The lowest BCUT2D eigenvalue weighted by Gasteiger charge is -2.58. The number of hydrogen-bond donors (Lipinski definition) is 1. The quantitative estimate of drug-likeness (QED) is 0.441. The van der Waals surface area contributed by atoms with Crippen LogP contribution in [0.15, 0.2) is 28.6 Å². The number of carbonyl (C=O) groups is 1. The summed E-state index contributed by atoms with van der Waals surface area (Å²) in [5.74, 6) is 2.04. The lowest BCUT2D eigenvalue weighted by atomic mass is 9.47. The molecule has 4 rings (SSSR count). The molecule has 5 heteroatoms. The van der Waals surface area contributed by atoms with Crippen molar-refractivity contribution < 1.29 is 19.5 Å². The summed E-state index contributed by atoms with van der Waals surface area (Å²) in [4.78, 5) is 11.9. The molecule has 2 fully saturated rings. The van der Waals surface area contributed by atoms with E-state index >= 15 is 0 Å². The maximum atomic E-state index is 11.9. The Morgan fingerprint density at radius 2 is 2.07 bits per heavy atom. The highest BCUT2D eigenvalue weighted by atomic mass is 16.5. The van der Waals surface area contributed by atoms with Gasteiger partial charge < -0.3 is 14.7 Å². The summed E-state index contributed by atoms with van der Waals surface area (Å²) < 4.78 is 11.5. The van der Waals surface area contributed by atoms with Crippen LogP contribution in [0.4, 0.5) is 0 Å². The van der Waals surface area contributed by atoms with Gasteiger partial charge in [-0.3, -0.25) is 4.79 Å². The number of allylic oxidation sites excluding steroid dienone is 4. The number of nitrogens with zero attached hydrogens (tertiary/aromatic N) is 1. The van der Waals surface area contributed by atoms with E-state index in [0.29, 0.717) is 17.8 Å². The second-order valence-electron chi connectivity index (χ2n) is 9.28. The van der Waals surface area contributed by atoms with Crippen LogP contribution in [-0.2, 0) is 14.3 Å². The molecule has 1 N–H and O–H groups in total. The summed E-state index contributed by atoms with van der Waals surface area (Å²) in [6.07, 6.45) is 10.0. The van der Waals surface area contributed by atoms with Gasteiger partial charge in [-0.1, -0.05) is 25.1 Å². The summed E-state index contributed by atoms with van der Waals surface area (Å²) in [7, 11) is 1.74. The van der Waals surface area contributed by atoms with Crippen LogP contribution in [0.1, 0.15) is 59.3 Å². The Bertz CT molecular complexity index is 739. The standard InChI is InChI=1S/C22H31NO4/c1-13(24)27-18-12-22(3)17(7-8-19(22)23-25)16-6-5-14-11-15(26-4)9-10-21(14,2)20(16)18/h5,11,16-18,20,25H,6-10,12H2,1-4H3/t16?,17?,18?,20?,21-,22-/m0/s1. The van der Waals surface area contributed by atoms with Crippen LogP contribution in [0.2, 0.25) is 0 Å². The molecular weight excluding hydrogens is 342 g/mol. The largest absolute Gasteiger partial charge is 0.501 e. The van der Waals surface area contributed by atoms with E-state index in [2.05, 4.69) is 31.2 Å². The first-order chi connectivity index (χ1) is 12.8. The van der Waals surface area contributed by atoms with Crippen LogP contribution in [0.25, 0.3) is 0 Å². The highest BCUT2D eigenvalue weighted by Gasteiger charge is 2.62. The van der Waals surface area contributed by atoms with E-state index < -0.39 is 0 Å². The summed E-state index contributed by atoms with van der Waals surface area (Å²) in [6.45, 7) is 6.05. The van der Waals surface area contributed by atoms with Gasteiger partial charge in [0.2, 0.25) is 0 Å². The molecule has 4 unspecified atom stereocenters. The minimum absolute atomic E-state index is 0.00843. The first-order valence-corrected chi connectivity index (χ1v) is 10.2. The van der Waals surface area contributed by atoms with Crippen LogP contribution >= 0.6 is 0 Å². The van der Waals surface area contributed by atoms with Gasteiger partial charge in [-0.15, -0.1) is 0 Å². The number of carbonyl (C=O) groups excluding carboxylic acids is 1. The smallest absolute Gasteiger partial charge is 0.302 e. The van der Waals surface area contributed by atoms with E-state index in [-0.39, 0.29) is 22.9 Å². The Labute approximate surface area is 161 Å². The van der Waals surface area contributed by atoms with Gasteiger partial charge in [0, 0.05) is 24.7 Å². The number of methoxy groups -OCH3 is 1. The normalized spacial score (nSPS) is 44.5. The molecule has 0 amide bonds. The molecule has 0 aliphatic heterocycles. The minimum Gasteiger partial charge on any atom is -0.501 e. The highest BCUT2D eigenvalue weighted by molar-refractivity contribution is 5.92. The van der Waals surface area contributed by atoms with Gasteiger partial charge in [-0.25, -0.2) is 0 Å². The molecule has 0 spiro atoms. The Balaban J connectivity index is 1.79. The lowest BCUT2D eigenvalue weighted by molar-refractivity contribution is -0.166. The Kier molecular flexibility index (Phi) is 4.39. The van der Waals surface area contributed by atoms with Gasteiger partial charge in [-0.2, -0.15) is 0 Å². The van der Waals surface area contributed by atoms with Crippen molar-refractivity contribution in [3.8, 4) is 0 Å². The van der Waals surface area contributed by atoms with E-state index in [1.165, 1.54) is 12.5 Å². The fourth-order valence-electron chi connectivity index (χ4n) is 6.84. The van der Waals surface area contributed by atoms with Crippen molar-refractivity contribution in [3.05, 3.63) is 23.5 Å². The molecule has 148 valence electrons. The molecule has 6 atom stereocenters. The predicted molar refractivity (Wildman–Crippen MR) is 102 cm³/mol. The zero-order valence-corrected chi connectivity index (χ0v) is 16.8. The van der Waals surface area contributed by atoms with Gasteiger partial charge >= 0.3 is 5.97 Å². The molecule has 0 bridgehead atoms. The second kappa shape index (κ2) is 6.39. The van der Waals surface area contributed by atoms with Crippen LogP contribution in [-0.4, -0.2) is 30.1 Å². The Morgan fingerprint density at radius 1 is 1.30 bits per heavy atom. The van der Waals surface area contributed by atoms with Crippen molar-refractivity contribution in [1.82, 2.24) is 0 Å². The Morgan fingerprint density at radius 3 is 2.74 bits per heavy atom. The van der Waals surface area contributed by atoms with Gasteiger partial charge in [0.05, 0.1) is 18.6 Å². The van der Waals surface area contributed by atoms with Crippen molar-refractivity contribution in [2.75, 3.05) is 7.11 Å². The first kappa shape index (κ1) is 18.6. The zero-order chi connectivity index (χ0) is 19.4. The number of fused-ring (bicyclic) bond motifs is 5. The Hall–Kier alpha value is -1.78. The molecule has 0 aromatic heterocycles. The molecule has 5 nitrogen and oxygen atoms in total. The van der Waals surface area contributed by atoms with Crippen molar-refractivity contribution in [1.29, 1.82) is 0 Å². The summed E-state index contributed by atoms with van der Waals surface area (Å²) in [6, 6.07) is 0. The molecule has 0 aromatic rings. The number of ether oxygens (including phenoxy) is 2. The zero-order valence-electron chi connectivity index (χ0n) is 16.8. The fourth-order valence-corrected chi connectivity index (χ4v) is 6.84. The van der Waals surface area contributed by atoms with Crippen LogP contribution in [0.3, 0.4) is 0 Å². The molecule has 4 aliphatic carbocycles. The third kappa shape index (κ3) is 2.65. The third-order valence-electron chi connectivity index (χ3n) is 8.09. The molecule has 27 heavy (non-hydrogen) atoms. The molecule has 0 saturated heterocycles. The van der Waals surface area contributed by atoms with Gasteiger partial charge in [0.1, 0.15) is 6.10 Å². The van der Waals surface area contributed by atoms with Crippen LogP contribution in [0.5, 0.6) is 0 Å². The van der Waals surface area contributed by atoms with Gasteiger partial charge in [0.15, 0.2) is 0 Å². The average Bonchev–Trinajstić information content (AvgIpc) is 2.96. The van der Waals surface area contributed by atoms with E-state index in [1.54, 1.807) is 7.11 Å². The topological polar surface area (TPSA) is 68.1 Å².